The molecule has 18 nitrogen and oxygen atoms in total. The second-order valence-corrected chi connectivity index (χ2v) is 11.4. The Morgan fingerprint density at radius 2 is 2.12 bits per heavy atom. The van der Waals surface area contributed by atoms with Gasteiger partial charge in [-0.25, -0.2) is 14.1 Å². The molecule has 2 aromatic heterocycles. The van der Waals surface area contributed by atoms with Gasteiger partial charge in [0.2, 0.25) is 5.60 Å². The summed E-state index contributed by atoms with van der Waals surface area (Å²) in [5.74, 6) is -3.40. The number of hydrogen-bond acceptors (Lipinski definition) is 14. The fourth-order valence-electron chi connectivity index (χ4n) is 3.83. The molecule has 1 aliphatic heterocycles. The number of nitrogens with one attached hydrogen (secondary N) is 2. The van der Waals surface area contributed by atoms with Crippen molar-refractivity contribution < 1.29 is 37.3 Å². The van der Waals surface area contributed by atoms with Gasteiger partial charge >= 0.3 is 16.3 Å². The van der Waals surface area contributed by atoms with Gasteiger partial charge in [0.1, 0.15) is 17.8 Å². The minimum absolute atomic E-state index is 0.0503. The third-order valence-electron chi connectivity index (χ3n) is 6.27. The van der Waals surface area contributed by atoms with E-state index in [0.29, 0.717) is 18.8 Å². The molecule has 20 heteroatoms. The van der Waals surface area contributed by atoms with E-state index >= 15 is 0 Å². The SMILES string of the molecule is CC(NCCCN)c1cnn(C[C@H]2C(NC(=O)/C(=N\OC3(C(=O)O)CC3)c3csc(N)n3)C(=O)N2S(=O)(=O)O)n1. The maximum atomic E-state index is 13.2. The molecular weight excluding hydrogens is 572 g/mol. The van der Waals surface area contributed by atoms with E-state index in [2.05, 4.69) is 31.0 Å². The van der Waals surface area contributed by atoms with Crippen LogP contribution < -0.4 is 22.1 Å². The minimum atomic E-state index is -4.99. The lowest BCUT2D eigenvalue weighted by Gasteiger charge is -2.43. The van der Waals surface area contributed by atoms with Crippen LogP contribution in [0.4, 0.5) is 5.13 Å². The summed E-state index contributed by atoms with van der Waals surface area (Å²) in [6.45, 7) is 2.68. The van der Waals surface area contributed by atoms with E-state index in [0.717, 1.165) is 22.6 Å². The molecule has 8 N–H and O–H groups in total. The highest BCUT2D eigenvalue weighted by molar-refractivity contribution is 7.84. The number of nitrogens with zero attached hydrogens (tertiary/aromatic N) is 6. The number of rotatable bonds is 14. The van der Waals surface area contributed by atoms with Crippen molar-refractivity contribution in [1.29, 1.82) is 0 Å². The van der Waals surface area contributed by atoms with Crippen LogP contribution in [-0.4, -0.2) is 96.6 Å². The van der Waals surface area contributed by atoms with Crippen molar-refractivity contribution in [2.75, 3.05) is 18.8 Å². The normalized spacial score (nSPS) is 21.0. The smallest absolute Gasteiger partial charge is 0.362 e. The Balaban J connectivity index is 1.53. The number of anilines is 1. The number of thiazole rings is 1. The van der Waals surface area contributed by atoms with E-state index in [9.17, 15) is 32.5 Å². The van der Waals surface area contributed by atoms with Crippen LogP contribution in [0.15, 0.2) is 16.7 Å². The minimum Gasteiger partial charge on any atom is -0.478 e. The van der Waals surface area contributed by atoms with Crippen molar-refractivity contribution in [1.82, 2.24) is 34.9 Å². The second kappa shape index (κ2) is 11.4. The third kappa shape index (κ3) is 6.20. The number of nitrogens with two attached hydrogens (primary N) is 2. The Kier molecular flexibility index (Phi) is 8.35. The quantitative estimate of drug-likeness (QED) is 0.0444. The van der Waals surface area contributed by atoms with E-state index in [-0.39, 0.29) is 40.6 Å². The average molecular weight is 601 g/mol. The van der Waals surface area contributed by atoms with Crippen molar-refractivity contribution in [2.24, 2.45) is 10.9 Å². The molecule has 2 fully saturated rings. The first-order valence-corrected chi connectivity index (χ1v) is 14.3. The molecule has 1 saturated carbocycles. The molecule has 3 atom stereocenters. The van der Waals surface area contributed by atoms with Crippen molar-refractivity contribution in [3.05, 3.63) is 23.0 Å². The lowest BCUT2D eigenvalue weighted by molar-refractivity contribution is -0.153. The molecular formula is C20H28N10O8S2. The van der Waals surface area contributed by atoms with Crippen molar-refractivity contribution in [3.8, 4) is 0 Å². The number of amides is 2. The number of nitrogen functional groups attached to an aromatic ring is 1. The van der Waals surface area contributed by atoms with Crippen LogP contribution in [-0.2, 0) is 36.1 Å². The molecule has 0 aromatic carbocycles. The summed E-state index contributed by atoms with van der Waals surface area (Å²) in [6.07, 6.45) is 2.55. The number of carboxylic acid groups (broad SMARTS) is 1. The summed E-state index contributed by atoms with van der Waals surface area (Å²) in [7, 11) is -4.99. The van der Waals surface area contributed by atoms with Crippen LogP contribution in [0, 0.1) is 0 Å². The Bertz CT molecular complexity index is 1420. The molecule has 3 heterocycles. The lowest BCUT2D eigenvalue weighted by atomic mass is 9.98. The Morgan fingerprint density at radius 1 is 1.40 bits per heavy atom. The van der Waals surface area contributed by atoms with Crippen molar-refractivity contribution in [3.63, 3.8) is 0 Å². The maximum absolute atomic E-state index is 13.2. The first-order chi connectivity index (χ1) is 18.9. The number of carbonyl (C=O) groups is 3. The highest BCUT2D eigenvalue weighted by Crippen LogP contribution is 2.40. The predicted octanol–water partition coefficient (Wildman–Crippen LogP) is -2.15. The summed E-state index contributed by atoms with van der Waals surface area (Å²) < 4.78 is 33.7. The van der Waals surface area contributed by atoms with E-state index in [1.165, 1.54) is 11.6 Å². The molecule has 218 valence electrons. The van der Waals surface area contributed by atoms with Gasteiger partial charge in [0.15, 0.2) is 10.8 Å². The van der Waals surface area contributed by atoms with Gasteiger partial charge in [0.25, 0.3) is 11.8 Å². The predicted molar refractivity (Wildman–Crippen MR) is 138 cm³/mol. The Morgan fingerprint density at radius 3 is 2.70 bits per heavy atom. The molecule has 0 spiro atoms. The standard InChI is InChI=1S/C20H28N10O8S2/c1-10(23-6-2-5-21)11-7-24-29(27-11)8-13-15(17(32)30(13)40(35,36)37)26-16(31)14(12-9-39-19(22)25-12)28-38-20(3-4-20)18(33)34/h7,9-10,13,15,23H,2-6,8,21H2,1H3,(H2,22,25)(H,26,31)(H,33,34)(H,35,36,37)/b28-14-/t10?,13-,15?/m0/s1. The molecule has 2 unspecified atom stereocenters. The monoisotopic (exact) mass is 600 g/mol. The number of hydrogen-bond donors (Lipinski definition) is 6. The zero-order valence-corrected chi connectivity index (χ0v) is 22.8. The first-order valence-electron chi connectivity index (χ1n) is 12.0. The zero-order valence-electron chi connectivity index (χ0n) is 21.1. The summed E-state index contributed by atoms with van der Waals surface area (Å²) in [5.41, 5.74) is 9.57. The Hall–Kier alpha value is -3.72. The lowest BCUT2D eigenvalue weighted by Crippen LogP contribution is -2.73. The van der Waals surface area contributed by atoms with Gasteiger partial charge in [-0.15, -0.1) is 11.3 Å². The van der Waals surface area contributed by atoms with E-state index in [4.69, 9.17) is 16.3 Å². The maximum Gasteiger partial charge on any atom is 0.362 e. The van der Waals surface area contributed by atoms with Gasteiger partial charge in [0, 0.05) is 18.2 Å². The highest BCUT2D eigenvalue weighted by Gasteiger charge is 2.56. The fourth-order valence-corrected chi connectivity index (χ4v) is 5.25. The average Bonchev–Trinajstić information content (AvgIpc) is 3.32. The van der Waals surface area contributed by atoms with Gasteiger partial charge in [-0.3, -0.25) is 14.1 Å². The van der Waals surface area contributed by atoms with Crippen LogP contribution in [0.1, 0.15) is 43.6 Å². The van der Waals surface area contributed by atoms with Gasteiger partial charge < -0.3 is 32.0 Å². The Labute approximate surface area is 231 Å². The third-order valence-corrected chi connectivity index (χ3v) is 7.89. The van der Waals surface area contributed by atoms with E-state index in [1.807, 2.05) is 6.92 Å². The van der Waals surface area contributed by atoms with Crippen LogP contribution in [0.5, 0.6) is 0 Å². The van der Waals surface area contributed by atoms with Crippen LogP contribution in [0.2, 0.25) is 0 Å². The van der Waals surface area contributed by atoms with Crippen molar-refractivity contribution in [2.45, 2.75) is 56.5 Å². The summed E-state index contributed by atoms with van der Waals surface area (Å²) in [6, 6.07) is -2.95. The first kappa shape index (κ1) is 29.3. The van der Waals surface area contributed by atoms with Crippen LogP contribution >= 0.6 is 11.3 Å². The number of carboxylic acids is 1. The van der Waals surface area contributed by atoms with E-state index < -0.39 is 51.5 Å². The summed E-state index contributed by atoms with van der Waals surface area (Å²) >= 11 is 0.976. The number of β-lactam (4-membered cyclic amide) rings is 1. The second-order valence-electron chi connectivity index (χ2n) is 9.17. The van der Waals surface area contributed by atoms with Crippen LogP contribution in [0.3, 0.4) is 0 Å². The fraction of sp³-hybridized carbons (Fsp3) is 0.550. The topological polar surface area (TPSA) is 270 Å². The van der Waals surface area contributed by atoms with Gasteiger partial charge in [-0.1, -0.05) is 5.16 Å². The molecule has 2 aromatic rings. The van der Waals surface area contributed by atoms with Crippen LogP contribution in [0.25, 0.3) is 0 Å². The molecule has 2 aliphatic rings. The molecule has 2 amide bonds. The number of carbonyl (C=O) groups excluding carboxylic acids is 2. The molecule has 0 bridgehead atoms. The van der Waals surface area contributed by atoms with Gasteiger partial charge in [-0.05, 0) is 26.4 Å². The zero-order chi connectivity index (χ0) is 29.2. The highest BCUT2D eigenvalue weighted by atomic mass is 32.2. The van der Waals surface area contributed by atoms with Gasteiger partial charge in [0.05, 0.1) is 24.5 Å². The van der Waals surface area contributed by atoms with E-state index in [1.54, 1.807) is 0 Å². The number of aliphatic carboxylic acids is 1. The molecule has 0 radical (unpaired) electrons. The summed E-state index contributed by atoms with van der Waals surface area (Å²) in [4.78, 5) is 47.6. The molecule has 1 saturated heterocycles. The van der Waals surface area contributed by atoms with Crippen molar-refractivity contribution >= 4 is 50.3 Å². The molecule has 1 aliphatic carbocycles. The number of aromatic nitrogens is 4. The van der Waals surface area contributed by atoms with Gasteiger partial charge in [-0.2, -0.15) is 23.4 Å². The molecule has 4 rings (SSSR count). The molecule has 40 heavy (non-hydrogen) atoms. The summed E-state index contributed by atoms with van der Waals surface area (Å²) in [5, 5.41) is 28.5. The largest absolute Gasteiger partial charge is 0.478 e. The number of oxime groups is 1.